The molecule has 0 amide bonds. The van der Waals surface area contributed by atoms with Crippen LogP contribution in [-0.2, 0) is 16.0 Å². The van der Waals surface area contributed by atoms with Crippen LogP contribution in [0.3, 0.4) is 0 Å². The first-order valence-electron chi connectivity index (χ1n) is 5.21. The Morgan fingerprint density at radius 1 is 1.47 bits per heavy atom. The van der Waals surface area contributed by atoms with Crippen molar-refractivity contribution in [1.82, 2.24) is 9.97 Å². The highest BCUT2D eigenvalue weighted by Gasteiger charge is 2.21. The molecule has 2 heterocycles. The van der Waals surface area contributed by atoms with Gasteiger partial charge in [0.15, 0.2) is 0 Å². The van der Waals surface area contributed by atoms with E-state index < -0.39 is 0 Å². The van der Waals surface area contributed by atoms with Crippen molar-refractivity contribution in [1.29, 1.82) is 0 Å². The number of Topliss-reactive ketones (excluding diaryl/α,β-unsaturated/α-hetero) is 1. The van der Waals surface area contributed by atoms with Crippen LogP contribution in [0.25, 0.3) is 0 Å². The maximum Gasteiger partial charge on any atom is 0.142 e. The summed E-state index contributed by atoms with van der Waals surface area (Å²) < 4.78 is 5.22. The minimum atomic E-state index is 0.161. The Hall–Kier alpha value is -1.29. The van der Waals surface area contributed by atoms with Crippen LogP contribution in [0, 0.1) is 5.92 Å². The topological polar surface area (TPSA) is 52.1 Å². The first-order valence-corrected chi connectivity index (χ1v) is 5.21. The van der Waals surface area contributed by atoms with E-state index in [1.165, 1.54) is 6.33 Å². The van der Waals surface area contributed by atoms with E-state index in [1.807, 2.05) is 0 Å². The molecule has 0 N–H and O–H groups in total. The number of ketones is 1. The molecule has 1 aromatic rings. The summed E-state index contributed by atoms with van der Waals surface area (Å²) in [6.45, 7) is 1.42. The molecular formula is C11H14N2O2. The summed E-state index contributed by atoms with van der Waals surface area (Å²) in [5.74, 6) is 0.436. The first kappa shape index (κ1) is 10.2. The summed E-state index contributed by atoms with van der Waals surface area (Å²) in [6, 6.07) is 1.79. The van der Waals surface area contributed by atoms with Crippen LogP contribution in [0.15, 0.2) is 18.6 Å². The lowest BCUT2D eigenvalue weighted by atomic mass is 9.93. The lowest BCUT2D eigenvalue weighted by Crippen LogP contribution is -2.24. The largest absolute Gasteiger partial charge is 0.381 e. The van der Waals surface area contributed by atoms with Crippen LogP contribution in [-0.4, -0.2) is 29.0 Å². The molecule has 0 saturated carbocycles. The molecule has 2 rings (SSSR count). The van der Waals surface area contributed by atoms with Gasteiger partial charge in [-0.25, -0.2) is 9.97 Å². The average molecular weight is 206 g/mol. The fourth-order valence-corrected chi connectivity index (χ4v) is 1.77. The van der Waals surface area contributed by atoms with E-state index in [9.17, 15) is 4.79 Å². The quantitative estimate of drug-likeness (QED) is 0.740. The van der Waals surface area contributed by atoms with Crippen LogP contribution in [0.2, 0.25) is 0 Å². The summed E-state index contributed by atoms with van der Waals surface area (Å²) in [4.78, 5) is 19.7. The number of hydrogen-bond donors (Lipinski definition) is 0. The van der Waals surface area contributed by atoms with Crippen molar-refractivity contribution in [3.63, 3.8) is 0 Å². The van der Waals surface area contributed by atoms with Crippen molar-refractivity contribution in [3.05, 3.63) is 24.3 Å². The minimum absolute atomic E-state index is 0.161. The van der Waals surface area contributed by atoms with Crippen molar-refractivity contribution >= 4 is 5.78 Å². The van der Waals surface area contributed by atoms with Crippen LogP contribution in [0.5, 0.6) is 0 Å². The highest BCUT2D eigenvalue weighted by Crippen LogP contribution is 2.17. The van der Waals surface area contributed by atoms with Gasteiger partial charge in [0.05, 0.1) is 5.69 Å². The van der Waals surface area contributed by atoms with Crippen molar-refractivity contribution in [2.24, 2.45) is 5.92 Å². The zero-order chi connectivity index (χ0) is 10.5. The summed E-state index contributed by atoms with van der Waals surface area (Å²) in [5.41, 5.74) is 0.807. The molecule has 15 heavy (non-hydrogen) atoms. The maximum absolute atomic E-state index is 11.9. The van der Waals surface area contributed by atoms with E-state index in [0.717, 1.165) is 18.5 Å². The predicted octanol–water partition coefficient (Wildman–Crippen LogP) is 1.01. The molecule has 1 aromatic heterocycles. The van der Waals surface area contributed by atoms with Gasteiger partial charge in [0.1, 0.15) is 12.1 Å². The monoisotopic (exact) mass is 206 g/mol. The third-order valence-corrected chi connectivity index (χ3v) is 2.68. The lowest BCUT2D eigenvalue weighted by molar-refractivity contribution is -0.125. The summed E-state index contributed by atoms with van der Waals surface area (Å²) >= 11 is 0. The third-order valence-electron chi connectivity index (χ3n) is 2.68. The van der Waals surface area contributed by atoms with E-state index in [-0.39, 0.29) is 11.7 Å². The first-order chi connectivity index (χ1) is 7.36. The van der Waals surface area contributed by atoms with Gasteiger partial charge in [-0.3, -0.25) is 4.79 Å². The van der Waals surface area contributed by atoms with Gasteiger partial charge in [-0.2, -0.15) is 0 Å². The fraction of sp³-hybridized carbons (Fsp3) is 0.545. The van der Waals surface area contributed by atoms with E-state index in [4.69, 9.17) is 4.74 Å². The lowest BCUT2D eigenvalue weighted by Gasteiger charge is -2.20. The van der Waals surface area contributed by atoms with Crippen LogP contribution < -0.4 is 0 Å². The molecular weight excluding hydrogens is 192 g/mol. The maximum atomic E-state index is 11.9. The molecule has 1 saturated heterocycles. The Morgan fingerprint density at radius 3 is 2.93 bits per heavy atom. The molecule has 1 aliphatic heterocycles. The van der Waals surface area contributed by atoms with Crippen LogP contribution in [0.1, 0.15) is 18.5 Å². The molecule has 1 aliphatic rings. The van der Waals surface area contributed by atoms with Gasteiger partial charge in [0.25, 0.3) is 0 Å². The normalized spacial score (nSPS) is 17.6. The molecule has 4 heteroatoms. The number of aromatic nitrogens is 2. The van der Waals surface area contributed by atoms with E-state index >= 15 is 0 Å². The number of ether oxygens (including phenoxy) is 1. The summed E-state index contributed by atoms with van der Waals surface area (Å²) in [5, 5.41) is 0. The van der Waals surface area contributed by atoms with E-state index in [1.54, 1.807) is 12.3 Å². The molecule has 0 spiro atoms. The minimum Gasteiger partial charge on any atom is -0.381 e. The summed E-state index contributed by atoms with van der Waals surface area (Å²) in [6.07, 6.45) is 5.27. The zero-order valence-corrected chi connectivity index (χ0v) is 8.56. The highest BCUT2D eigenvalue weighted by atomic mass is 16.5. The standard InChI is InChI=1S/C11H14N2O2/c14-11(9-2-5-15-6-3-9)7-10-1-4-12-8-13-10/h1,4,8-9H,2-3,5-7H2. The number of rotatable bonds is 3. The van der Waals surface area contributed by atoms with Crippen molar-refractivity contribution in [2.45, 2.75) is 19.3 Å². The van der Waals surface area contributed by atoms with Gasteiger partial charge in [-0.15, -0.1) is 0 Å². The van der Waals surface area contributed by atoms with Gasteiger partial charge in [-0.05, 0) is 18.9 Å². The Morgan fingerprint density at radius 2 is 2.27 bits per heavy atom. The molecule has 0 atom stereocenters. The Balaban J connectivity index is 1.91. The summed E-state index contributed by atoms with van der Waals surface area (Å²) in [7, 11) is 0. The molecule has 80 valence electrons. The SMILES string of the molecule is O=C(Cc1ccncn1)C1CCOCC1. The third kappa shape index (κ3) is 2.83. The fourth-order valence-electron chi connectivity index (χ4n) is 1.77. The predicted molar refractivity (Wildman–Crippen MR) is 54.3 cm³/mol. The van der Waals surface area contributed by atoms with Gasteiger partial charge >= 0.3 is 0 Å². The second kappa shape index (κ2) is 4.98. The van der Waals surface area contributed by atoms with E-state index in [2.05, 4.69) is 9.97 Å². The van der Waals surface area contributed by atoms with Gasteiger partial charge in [0.2, 0.25) is 0 Å². The average Bonchev–Trinajstić information content (AvgIpc) is 2.31. The second-order valence-corrected chi connectivity index (χ2v) is 3.73. The molecule has 1 fully saturated rings. The van der Waals surface area contributed by atoms with Crippen molar-refractivity contribution < 1.29 is 9.53 Å². The zero-order valence-electron chi connectivity index (χ0n) is 8.56. The number of carbonyl (C=O) groups excluding carboxylic acids is 1. The smallest absolute Gasteiger partial charge is 0.142 e. The van der Waals surface area contributed by atoms with Gasteiger partial charge in [-0.1, -0.05) is 0 Å². The van der Waals surface area contributed by atoms with E-state index in [0.29, 0.717) is 19.6 Å². The number of nitrogens with zero attached hydrogens (tertiary/aromatic N) is 2. The molecule has 0 radical (unpaired) electrons. The Kier molecular flexibility index (Phi) is 3.40. The van der Waals surface area contributed by atoms with Crippen molar-refractivity contribution in [3.8, 4) is 0 Å². The number of carbonyl (C=O) groups is 1. The van der Waals surface area contributed by atoms with Crippen LogP contribution in [0.4, 0.5) is 0 Å². The van der Waals surface area contributed by atoms with Crippen LogP contribution >= 0.6 is 0 Å². The van der Waals surface area contributed by atoms with Crippen molar-refractivity contribution in [2.75, 3.05) is 13.2 Å². The number of hydrogen-bond acceptors (Lipinski definition) is 4. The molecule has 0 aromatic carbocycles. The molecule has 0 aliphatic carbocycles. The second-order valence-electron chi connectivity index (χ2n) is 3.73. The van der Waals surface area contributed by atoms with Gasteiger partial charge in [0, 0.05) is 31.7 Å². The molecule has 0 bridgehead atoms. The Bertz CT molecular complexity index is 321. The Labute approximate surface area is 88.7 Å². The highest BCUT2D eigenvalue weighted by molar-refractivity contribution is 5.82. The van der Waals surface area contributed by atoms with Gasteiger partial charge < -0.3 is 4.74 Å². The molecule has 4 nitrogen and oxygen atoms in total. The molecule has 0 unspecified atom stereocenters.